The molecule has 3 rings (SSSR count). The number of aliphatic hydroxyl groups excluding tert-OH is 1. The largest absolute Gasteiger partial charge is 0.395 e. The van der Waals surface area contributed by atoms with E-state index in [9.17, 15) is 0 Å². The van der Waals surface area contributed by atoms with Gasteiger partial charge >= 0.3 is 0 Å². The van der Waals surface area contributed by atoms with Crippen molar-refractivity contribution in [3.8, 4) is 0 Å². The van der Waals surface area contributed by atoms with Gasteiger partial charge in [-0.2, -0.15) is 9.61 Å². The average molecular weight is 391 g/mol. The van der Waals surface area contributed by atoms with Crippen LogP contribution in [0.25, 0.3) is 5.65 Å². The zero-order chi connectivity index (χ0) is 16.9. The number of benzene rings is 1. The monoisotopic (exact) mass is 390 g/mol. The summed E-state index contributed by atoms with van der Waals surface area (Å²) in [7, 11) is 1.90. The van der Waals surface area contributed by atoms with Gasteiger partial charge < -0.3 is 21.1 Å². The Bertz CT molecular complexity index is 817. The van der Waals surface area contributed by atoms with E-state index in [4.69, 9.17) is 5.11 Å². The maximum absolute atomic E-state index is 8.98. The van der Waals surface area contributed by atoms with E-state index in [-0.39, 0.29) is 6.61 Å². The third-order valence-electron chi connectivity index (χ3n) is 3.56. The fourth-order valence-electron chi connectivity index (χ4n) is 2.32. The number of nitrogens with zero attached hydrogens (tertiary/aromatic N) is 3. The average Bonchev–Trinajstić information content (AvgIpc) is 2.99. The first-order chi connectivity index (χ1) is 11.7. The van der Waals surface area contributed by atoms with Crippen LogP contribution in [-0.2, 0) is 6.54 Å². The van der Waals surface area contributed by atoms with Crippen molar-refractivity contribution in [2.45, 2.75) is 6.54 Å². The van der Waals surface area contributed by atoms with E-state index in [1.54, 1.807) is 10.7 Å². The third-order valence-corrected chi connectivity index (χ3v) is 4.12. The second-order valence-electron chi connectivity index (χ2n) is 5.21. The van der Waals surface area contributed by atoms with Gasteiger partial charge in [0.1, 0.15) is 11.6 Å². The Labute approximate surface area is 148 Å². The summed E-state index contributed by atoms with van der Waals surface area (Å²) in [6.45, 7) is 1.16. The molecule has 0 atom stereocenters. The van der Waals surface area contributed by atoms with Crippen molar-refractivity contribution in [3.05, 3.63) is 46.6 Å². The predicted octanol–water partition coefficient (Wildman–Crippen LogP) is 2.55. The zero-order valence-electron chi connectivity index (χ0n) is 13.3. The summed E-state index contributed by atoms with van der Waals surface area (Å²) in [6, 6.07) is 10.1. The summed E-state index contributed by atoms with van der Waals surface area (Å²) in [6.07, 6.45) is 1.71. The van der Waals surface area contributed by atoms with Crippen LogP contribution in [0.5, 0.6) is 0 Å². The molecule has 1 aromatic carbocycles. The van der Waals surface area contributed by atoms with E-state index in [1.165, 1.54) is 0 Å². The van der Waals surface area contributed by atoms with Gasteiger partial charge in [0.05, 0.1) is 17.3 Å². The zero-order valence-corrected chi connectivity index (χ0v) is 14.8. The van der Waals surface area contributed by atoms with Crippen LogP contribution in [0.4, 0.5) is 17.3 Å². The molecule has 7 nitrogen and oxygen atoms in total. The molecule has 0 aliphatic rings. The third kappa shape index (κ3) is 3.60. The molecule has 0 bridgehead atoms. The number of anilines is 3. The minimum absolute atomic E-state index is 0.0495. The predicted molar refractivity (Wildman–Crippen MR) is 99.6 cm³/mol. The molecule has 0 aliphatic carbocycles. The van der Waals surface area contributed by atoms with Crippen LogP contribution in [0.3, 0.4) is 0 Å². The second-order valence-corrected chi connectivity index (χ2v) is 6.06. The number of aliphatic hydroxyl groups is 1. The molecule has 0 saturated carbocycles. The summed E-state index contributed by atoms with van der Waals surface area (Å²) in [5.74, 6) is 1.51. The molecule has 0 amide bonds. The van der Waals surface area contributed by atoms with Gasteiger partial charge in [0.15, 0.2) is 5.65 Å². The molecule has 0 radical (unpaired) electrons. The second kappa shape index (κ2) is 7.50. The molecule has 0 aliphatic heterocycles. The van der Waals surface area contributed by atoms with Crippen LogP contribution in [-0.4, -0.2) is 39.9 Å². The van der Waals surface area contributed by atoms with Crippen molar-refractivity contribution < 1.29 is 5.11 Å². The summed E-state index contributed by atoms with van der Waals surface area (Å²) in [4.78, 5) is 4.49. The summed E-state index contributed by atoms with van der Waals surface area (Å²) < 4.78 is 2.56. The molecule has 2 heterocycles. The minimum atomic E-state index is 0.0495. The molecule has 126 valence electrons. The van der Waals surface area contributed by atoms with E-state index < -0.39 is 0 Å². The van der Waals surface area contributed by atoms with E-state index in [1.807, 2.05) is 25.2 Å². The van der Waals surface area contributed by atoms with Gasteiger partial charge in [0.2, 0.25) is 0 Å². The number of nitrogens with one attached hydrogen (secondary N) is 3. The summed E-state index contributed by atoms with van der Waals surface area (Å²) >= 11 is 3.46. The molecule has 4 N–H and O–H groups in total. The number of rotatable bonds is 7. The Hall–Kier alpha value is -2.32. The highest BCUT2D eigenvalue weighted by atomic mass is 79.9. The maximum Gasteiger partial charge on any atom is 0.173 e. The Morgan fingerprint density at radius 2 is 2.00 bits per heavy atom. The van der Waals surface area contributed by atoms with Crippen LogP contribution >= 0.6 is 15.9 Å². The highest BCUT2D eigenvalue weighted by Gasteiger charge is 2.10. The first-order valence-electron chi connectivity index (χ1n) is 7.61. The SMILES string of the molecule is CNc1ccc(CNc2cc(NCCO)nc3c(Br)cnn23)cc1. The van der Waals surface area contributed by atoms with Crippen molar-refractivity contribution in [2.75, 3.05) is 36.1 Å². The summed E-state index contributed by atoms with van der Waals surface area (Å²) in [5.41, 5.74) is 2.96. The van der Waals surface area contributed by atoms with Crippen LogP contribution in [0.15, 0.2) is 41.0 Å². The van der Waals surface area contributed by atoms with Gasteiger partial charge in [0, 0.05) is 31.9 Å². The van der Waals surface area contributed by atoms with Crippen LogP contribution in [0, 0.1) is 0 Å². The van der Waals surface area contributed by atoms with Crippen LogP contribution in [0.1, 0.15) is 5.56 Å². The minimum Gasteiger partial charge on any atom is -0.395 e. The summed E-state index contributed by atoms with van der Waals surface area (Å²) in [5, 5.41) is 22.9. The molecular weight excluding hydrogens is 372 g/mol. The number of fused-ring (bicyclic) bond motifs is 1. The van der Waals surface area contributed by atoms with Crippen molar-refractivity contribution in [3.63, 3.8) is 0 Å². The van der Waals surface area contributed by atoms with Gasteiger partial charge in [-0.05, 0) is 33.6 Å². The topological polar surface area (TPSA) is 86.5 Å². The fourth-order valence-corrected chi connectivity index (χ4v) is 2.67. The van der Waals surface area contributed by atoms with Gasteiger partial charge in [-0.15, -0.1) is 0 Å². The number of aromatic nitrogens is 3. The van der Waals surface area contributed by atoms with Crippen molar-refractivity contribution >= 4 is 38.9 Å². The lowest BCUT2D eigenvalue weighted by molar-refractivity contribution is 0.311. The lowest BCUT2D eigenvalue weighted by Gasteiger charge is -2.12. The first kappa shape index (κ1) is 16.5. The molecular formula is C16H19BrN6O. The Morgan fingerprint density at radius 3 is 2.71 bits per heavy atom. The van der Waals surface area contributed by atoms with Gasteiger partial charge in [0.25, 0.3) is 0 Å². The lowest BCUT2D eigenvalue weighted by atomic mass is 10.2. The molecule has 0 spiro atoms. The molecule has 0 saturated heterocycles. The van der Waals surface area contributed by atoms with Crippen molar-refractivity contribution in [1.82, 2.24) is 14.6 Å². The molecule has 24 heavy (non-hydrogen) atoms. The van der Waals surface area contributed by atoms with Crippen LogP contribution < -0.4 is 16.0 Å². The van der Waals surface area contributed by atoms with E-state index in [2.05, 4.69) is 54.1 Å². The molecule has 8 heteroatoms. The standard InChI is InChI=1S/C16H19BrN6O/c1-18-12-4-2-11(3-5-12)9-20-15-8-14(19-6-7-24)22-16-13(17)10-21-23(15)16/h2-5,8,10,18,20,24H,6-7,9H2,1H3,(H,19,22). The van der Waals surface area contributed by atoms with E-state index in [0.29, 0.717) is 24.6 Å². The molecule has 0 fully saturated rings. The molecule has 3 aromatic rings. The Morgan fingerprint density at radius 1 is 1.21 bits per heavy atom. The molecule has 0 unspecified atom stereocenters. The van der Waals surface area contributed by atoms with E-state index >= 15 is 0 Å². The van der Waals surface area contributed by atoms with Gasteiger partial charge in [-0.1, -0.05) is 12.1 Å². The van der Waals surface area contributed by atoms with E-state index in [0.717, 1.165) is 21.5 Å². The lowest BCUT2D eigenvalue weighted by Crippen LogP contribution is -2.11. The smallest absolute Gasteiger partial charge is 0.173 e. The Balaban J connectivity index is 1.83. The Kier molecular flexibility index (Phi) is 5.17. The van der Waals surface area contributed by atoms with Gasteiger partial charge in [-0.3, -0.25) is 0 Å². The van der Waals surface area contributed by atoms with Crippen molar-refractivity contribution in [2.24, 2.45) is 0 Å². The number of hydrogen-bond acceptors (Lipinski definition) is 6. The fraction of sp³-hybridized carbons (Fsp3) is 0.250. The highest BCUT2D eigenvalue weighted by Crippen LogP contribution is 2.23. The van der Waals surface area contributed by atoms with Gasteiger partial charge in [-0.25, -0.2) is 4.98 Å². The first-order valence-corrected chi connectivity index (χ1v) is 8.40. The number of halogens is 1. The number of hydrogen-bond donors (Lipinski definition) is 4. The molecule has 2 aromatic heterocycles. The highest BCUT2D eigenvalue weighted by molar-refractivity contribution is 9.10. The maximum atomic E-state index is 8.98. The quantitative estimate of drug-likeness (QED) is 0.495. The van der Waals surface area contributed by atoms with Crippen molar-refractivity contribution in [1.29, 1.82) is 0 Å². The van der Waals surface area contributed by atoms with Crippen LogP contribution in [0.2, 0.25) is 0 Å². The normalized spacial score (nSPS) is 10.8.